The minimum absolute atomic E-state index is 0.00271. The molecule has 1 unspecified atom stereocenters. The Hall–Kier alpha value is -3.30. The number of hydrogen-bond donors (Lipinski definition) is 2. The van der Waals surface area contributed by atoms with Gasteiger partial charge in [0.25, 0.3) is 0 Å². The third-order valence-corrected chi connectivity index (χ3v) is 14.0. The lowest BCUT2D eigenvalue weighted by Gasteiger charge is -2.39. The highest BCUT2D eigenvalue weighted by atomic mass is 79.9. The van der Waals surface area contributed by atoms with Crippen LogP contribution in [0.15, 0.2) is 108 Å². The SMILES string of the molecule is CC(C)(C)[Si](C)(C)O[C@@H](CCCC(CC(=O)Nc1ccccc1)[C@@H](O)c1ccc(Br)cc1OCc1ccccc1)c1ccc(F)cc1. The molecule has 0 spiro atoms. The van der Waals surface area contributed by atoms with E-state index >= 15 is 0 Å². The lowest BCUT2D eigenvalue weighted by molar-refractivity contribution is -0.118. The molecular formula is C39H47BrFNO4Si. The molecule has 0 bridgehead atoms. The third kappa shape index (κ3) is 10.9. The molecule has 4 rings (SSSR count). The van der Waals surface area contributed by atoms with E-state index in [0.717, 1.165) is 15.6 Å². The van der Waals surface area contributed by atoms with Gasteiger partial charge in [0.2, 0.25) is 5.91 Å². The number of anilines is 1. The fraction of sp³-hybridized carbons (Fsp3) is 0.359. The van der Waals surface area contributed by atoms with Gasteiger partial charge in [-0.2, -0.15) is 0 Å². The first-order valence-electron chi connectivity index (χ1n) is 16.2. The minimum atomic E-state index is -2.16. The molecule has 4 aromatic carbocycles. The van der Waals surface area contributed by atoms with E-state index in [0.29, 0.717) is 42.9 Å². The summed E-state index contributed by atoms with van der Waals surface area (Å²) in [6.07, 6.45) is 0.850. The number of ether oxygens (including phenoxy) is 1. The van der Waals surface area contributed by atoms with E-state index in [1.165, 1.54) is 12.1 Å². The first kappa shape index (κ1) is 36.5. The average Bonchev–Trinajstić information content (AvgIpc) is 3.03. The van der Waals surface area contributed by atoms with Crippen LogP contribution in [0.1, 0.15) is 75.4 Å². The largest absolute Gasteiger partial charge is 0.488 e. The number of carbonyl (C=O) groups excluding carboxylic acids is 1. The molecule has 0 heterocycles. The monoisotopic (exact) mass is 719 g/mol. The Morgan fingerprint density at radius 2 is 1.55 bits per heavy atom. The Kier molecular flexibility index (Phi) is 13.0. The molecule has 0 saturated heterocycles. The van der Waals surface area contributed by atoms with Crippen molar-refractivity contribution in [3.05, 3.63) is 130 Å². The van der Waals surface area contributed by atoms with Crippen molar-refractivity contribution in [2.75, 3.05) is 5.32 Å². The number of rotatable bonds is 15. The predicted molar refractivity (Wildman–Crippen MR) is 194 cm³/mol. The zero-order valence-corrected chi connectivity index (χ0v) is 30.6. The second-order valence-corrected chi connectivity index (χ2v) is 19.3. The Labute approximate surface area is 288 Å². The van der Waals surface area contributed by atoms with Gasteiger partial charge in [0.05, 0.1) is 12.2 Å². The van der Waals surface area contributed by atoms with Gasteiger partial charge in [-0.05, 0) is 84.4 Å². The van der Waals surface area contributed by atoms with E-state index in [1.54, 1.807) is 12.1 Å². The Morgan fingerprint density at radius 1 is 0.915 bits per heavy atom. The van der Waals surface area contributed by atoms with E-state index in [4.69, 9.17) is 9.16 Å². The zero-order chi connectivity index (χ0) is 34.0. The third-order valence-electron chi connectivity index (χ3n) is 9.01. The fourth-order valence-electron chi connectivity index (χ4n) is 5.28. The molecule has 4 aromatic rings. The highest BCUT2D eigenvalue weighted by molar-refractivity contribution is 9.10. The summed E-state index contributed by atoms with van der Waals surface area (Å²) in [6.45, 7) is 11.4. The summed E-state index contributed by atoms with van der Waals surface area (Å²) < 4.78 is 27.8. The van der Waals surface area contributed by atoms with Crippen LogP contribution in [0.25, 0.3) is 0 Å². The number of benzene rings is 4. The standard InChI is InChI=1S/C39H47BrFNO4Si/c1-39(2,3)47(4,5)46-35(29-19-22-32(41)23-20-29)18-12-15-30(25-37(43)42-33-16-10-7-11-17-33)38(44)34-24-21-31(40)26-36(34)45-27-28-13-8-6-9-14-28/h6-11,13-14,16-17,19-24,26,30,35,38,44H,12,15,18,25,27H2,1-5H3,(H,42,43)/t30?,35-,38+/m0/s1. The van der Waals surface area contributed by atoms with Crippen LogP contribution in [0.5, 0.6) is 5.75 Å². The first-order valence-corrected chi connectivity index (χ1v) is 19.9. The maximum Gasteiger partial charge on any atom is 0.224 e. The van der Waals surface area contributed by atoms with Gasteiger partial charge in [-0.25, -0.2) is 4.39 Å². The van der Waals surface area contributed by atoms with Gasteiger partial charge >= 0.3 is 0 Å². The van der Waals surface area contributed by atoms with Gasteiger partial charge in [0, 0.05) is 22.1 Å². The fourth-order valence-corrected chi connectivity index (χ4v) is 6.94. The van der Waals surface area contributed by atoms with Crippen LogP contribution in [0.3, 0.4) is 0 Å². The van der Waals surface area contributed by atoms with Crippen molar-refractivity contribution in [2.24, 2.45) is 5.92 Å². The lowest BCUT2D eigenvalue weighted by atomic mass is 9.87. The number of aliphatic hydroxyl groups is 1. The molecule has 0 saturated carbocycles. The summed E-state index contributed by atoms with van der Waals surface area (Å²) >= 11 is 3.55. The molecule has 1 amide bonds. The molecule has 47 heavy (non-hydrogen) atoms. The number of halogens is 2. The van der Waals surface area contributed by atoms with Crippen LogP contribution >= 0.6 is 15.9 Å². The van der Waals surface area contributed by atoms with Crippen molar-refractivity contribution in [1.29, 1.82) is 0 Å². The number of para-hydroxylation sites is 1. The van der Waals surface area contributed by atoms with E-state index in [-0.39, 0.29) is 29.3 Å². The summed E-state index contributed by atoms with van der Waals surface area (Å²) in [5, 5.41) is 14.9. The summed E-state index contributed by atoms with van der Waals surface area (Å²) in [5.41, 5.74) is 3.29. The molecule has 0 aliphatic rings. The normalized spacial score (nSPS) is 13.9. The minimum Gasteiger partial charge on any atom is -0.488 e. The average molecular weight is 721 g/mol. The summed E-state index contributed by atoms with van der Waals surface area (Å²) in [4.78, 5) is 13.3. The summed E-state index contributed by atoms with van der Waals surface area (Å²) in [5.74, 6) is -0.292. The van der Waals surface area contributed by atoms with Gasteiger partial charge in [0.1, 0.15) is 18.2 Å². The van der Waals surface area contributed by atoms with E-state index in [1.807, 2.05) is 78.9 Å². The maximum absolute atomic E-state index is 13.9. The predicted octanol–water partition coefficient (Wildman–Crippen LogP) is 10.8. The van der Waals surface area contributed by atoms with Crippen LogP contribution in [-0.4, -0.2) is 19.3 Å². The molecule has 2 N–H and O–H groups in total. The van der Waals surface area contributed by atoms with Crippen LogP contribution in [-0.2, 0) is 15.8 Å². The molecule has 0 aromatic heterocycles. The molecule has 5 nitrogen and oxygen atoms in total. The van der Waals surface area contributed by atoms with E-state index < -0.39 is 20.3 Å². The molecule has 0 radical (unpaired) electrons. The van der Waals surface area contributed by atoms with Crippen molar-refractivity contribution in [3.8, 4) is 5.75 Å². The lowest BCUT2D eigenvalue weighted by Crippen LogP contribution is -2.41. The number of amides is 1. The molecule has 0 fully saturated rings. The molecule has 0 aliphatic heterocycles. The van der Waals surface area contributed by atoms with Gasteiger partial charge in [-0.1, -0.05) is 110 Å². The highest BCUT2D eigenvalue weighted by Crippen LogP contribution is 2.42. The van der Waals surface area contributed by atoms with E-state index in [9.17, 15) is 14.3 Å². The van der Waals surface area contributed by atoms with Crippen molar-refractivity contribution in [2.45, 2.75) is 83.4 Å². The topological polar surface area (TPSA) is 67.8 Å². The van der Waals surface area contributed by atoms with Crippen LogP contribution in [0.4, 0.5) is 10.1 Å². The molecule has 8 heteroatoms. The molecule has 250 valence electrons. The zero-order valence-electron chi connectivity index (χ0n) is 28.0. The summed E-state index contributed by atoms with van der Waals surface area (Å²) in [6, 6.07) is 31.4. The molecule has 0 aliphatic carbocycles. The number of hydrogen-bond acceptors (Lipinski definition) is 4. The Balaban J connectivity index is 1.57. The van der Waals surface area contributed by atoms with Gasteiger partial charge in [-0.3, -0.25) is 4.79 Å². The van der Waals surface area contributed by atoms with Crippen LogP contribution in [0, 0.1) is 11.7 Å². The van der Waals surface area contributed by atoms with Crippen molar-refractivity contribution < 1.29 is 23.5 Å². The highest BCUT2D eigenvalue weighted by Gasteiger charge is 2.39. The summed E-state index contributed by atoms with van der Waals surface area (Å²) in [7, 11) is -2.16. The van der Waals surface area contributed by atoms with Crippen molar-refractivity contribution in [1.82, 2.24) is 0 Å². The Morgan fingerprint density at radius 3 is 2.19 bits per heavy atom. The number of carbonyl (C=O) groups is 1. The van der Waals surface area contributed by atoms with Crippen LogP contribution < -0.4 is 10.1 Å². The quantitative estimate of drug-likeness (QED) is 0.120. The first-order chi connectivity index (χ1) is 22.3. The second-order valence-electron chi connectivity index (χ2n) is 13.6. The second kappa shape index (κ2) is 16.7. The van der Waals surface area contributed by atoms with Crippen LogP contribution in [0.2, 0.25) is 18.1 Å². The molecular weight excluding hydrogens is 673 g/mol. The van der Waals surface area contributed by atoms with Gasteiger partial charge in [0.15, 0.2) is 8.32 Å². The van der Waals surface area contributed by atoms with Gasteiger partial charge in [-0.15, -0.1) is 0 Å². The Bertz CT molecular complexity index is 1560. The smallest absolute Gasteiger partial charge is 0.224 e. The number of nitrogens with one attached hydrogen (secondary N) is 1. The molecule has 3 atom stereocenters. The van der Waals surface area contributed by atoms with E-state index in [2.05, 4.69) is 55.1 Å². The van der Waals surface area contributed by atoms with Crippen molar-refractivity contribution in [3.63, 3.8) is 0 Å². The van der Waals surface area contributed by atoms with Gasteiger partial charge < -0.3 is 19.6 Å². The van der Waals surface area contributed by atoms with Crippen molar-refractivity contribution >= 4 is 35.8 Å². The number of aliphatic hydroxyl groups excluding tert-OH is 1. The maximum atomic E-state index is 13.9.